The Kier molecular flexibility index (Phi) is 5.36. The molecule has 148 valence electrons. The molecule has 29 heavy (non-hydrogen) atoms. The molecule has 6 heteroatoms. The molecule has 0 aromatic heterocycles. The van der Waals surface area contributed by atoms with Crippen LogP contribution in [0.3, 0.4) is 0 Å². The topological polar surface area (TPSA) is 66.5 Å². The van der Waals surface area contributed by atoms with E-state index in [1.807, 2.05) is 54.6 Å². The van der Waals surface area contributed by atoms with Crippen molar-refractivity contribution < 1.29 is 13.2 Å². The number of aryl methyl sites for hydroxylation is 1. The van der Waals surface area contributed by atoms with Gasteiger partial charge in [0.2, 0.25) is 0 Å². The number of amides is 1. The molecule has 0 atom stereocenters. The van der Waals surface area contributed by atoms with E-state index >= 15 is 0 Å². The Morgan fingerprint density at radius 1 is 0.931 bits per heavy atom. The van der Waals surface area contributed by atoms with E-state index < -0.39 is 10.0 Å². The summed E-state index contributed by atoms with van der Waals surface area (Å²) in [4.78, 5) is 12.7. The van der Waals surface area contributed by atoms with Gasteiger partial charge in [-0.25, -0.2) is 8.42 Å². The number of fused-ring (bicyclic) bond motifs is 1. The van der Waals surface area contributed by atoms with Gasteiger partial charge < -0.3 is 5.32 Å². The molecule has 0 saturated carbocycles. The van der Waals surface area contributed by atoms with Gasteiger partial charge in [-0.2, -0.15) is 0 Å². The first-order valence-corrected chi connectivity index (χ1v) is 11.0. The summed E-state index contributed by atoms with van der Waals surface area (Å²) in [6, 6.07) is 23.4. The molecule has 0 unspecified atom stereocenters. The predicted molar refractivity (Wildman–Crippen MR) is 113 cm³/mol. The van der Waals surface area contributed by atoms with Gasteiger partial charge in [-0.1, -0.05) is 54.6 Å². The third-order valence-corrected chi connectivity index (χ3v) is 6.86. The predicted octanol–water partition coefficient (Wildman–Crippen LogP) is 3.76. The maximum atomic E-state index is 13.3. The highest BCUT2D eigenvalue weighted by Crippen LogP contribution is 2.31. The number of carbonyl (C=O) groups is 1. The number of carbonyl (C=O) groups excluding carboxylic acids is 1. The molecule has 1 aliphatic rings. The van der Waals surface area contributed by atoms with Crippen LogP contribution in [0.4, 0.5) is 5.69 Å². The Balaban J connectivity index is 1.57. The van der Waals surface area contributed by atoms with E-state index in [4.69, 9.17) is 0 Å². The van der Waals surface area contributed by atoms with Crippen LogP contribution in [-0.4, -0.2) is 20.9 Å². The molecule has 3 aromatic rings. The maximum Gasteiger partial charge on any atom is 0.264 e. The van der Waals surface area contributed by atoms with Crippen molar-refractivity contribution >= 4 is 21.6 Å². The van der Waals surface area contributed by atoms with E-state index in [1.54, 1.807) is 18.2 Å². The Hall–Kier alpha value is -3.12. The van der Waals surface area contributed by atoms with Crippen LogP contribution < -0.4 is 9.62 Å². The molecule has 5 nitrogen and oxygen atoms in total. The number of rotatable bonds is 5. The Labute approximate surface area is 171 Å². The molecule has 3 aromatic carbocycles. The number of nitrogens with one attached hydrogen (secondary N) is 1. The second-order valence-electron chi connectivity index (χ2n) is 7.01. The molecular formula is C23H22N2O3S. The summed E-state index contributed by atoms with van der Waals surface area (Å²) in [5.74, 6) is -0.301. The minimum Gasteiger partial charge on any atom is -0.348 e. The number of benzene rings is 3. The molecular weight excluding hydrogens is 384 g/mol. The smallest absolute Gasteiger partial charge is 0.264 e. The van der Waals surface area contributed by atoms with E-state index in [0.717, 1.165) is 29.7 Å². The average Bonchev–Trinajstić information content (AvgIpc) is 2.78. The summed E-state index contributed by atoms with van der Waals surface area (Å²) in [6.07, 6.45) is 1.64. The summed E-state index contributed by atoms with van der Waals surface area (Å²) in [6.45, 7) is 0.819. The van der Waals surface area contributed by atoms with Crippen molar-refractivity contribution in [2.45, 2.75) is 24.3 Å². The number of para-hydroxylation sites is 1. The number of nitrogens with zero attached hydrogens (tertiary/aromatic N) is 1. The van der Waals surface area contributed by atoms with Gasteiger partial charge in [0.15, 0.2) is 0 Å². The lowest BCUT2D eigenvalue weighted by molar-refractivity contribution is 0.0950. The molecule has 0 fully saturated rings. The second kappa shape index (κ2) is 8.09. The molecule has 0 spiro atoms. The van der Waals surface area contributed by atoms with Gasteiger partial charge in [-0.05, 0) is 48.2 Å². The first kappa shape index (κ1) is 19.2. The van der Waals surface area contributed by atoms with Crippen molar-refractivity contribution in [2.24, 2.45) is 0 Å². The van der Waals surface area contributed by atoms with E-state index in [1.165, 1.54) is 10.4 Å². The van der Waals surface area contributed by atoms with Crippen LogP contribution in [0.25, 0.3) is 0 Å². The monoisotopic (exact) mass is 406 g/mol. The molecule has 1 aliphatic heterocycles. The van der Waals surface area contributed by atoms with Gasteiger partial charge in [-0.15, -0.1) is 0 Å². The quantitative estimate of drug-likeness (QED) is 0.702. The van der Waals surface area contributed by atoms with Crippen LogP contribution in [0, 0.1) is 0 Å². The maximum absolute atomic E-state index is 13.3. The Morgan fingerprint density at radius 3 is 2.52 bits per heavy atom. The summed E-state index contributed by atoms with van der Waals surface area (Å²) < 4.78 is 28.0. The second-order valence-corrected chi connectivity index (χ2v) is 8.87. The van der Waals surface area contributed by atoms with Gasteiger partial charge in [0.05, 0.1) is 10.6 Å². The normalized spacial score (nSPS) is 13.6. The van der Waals surface area contributed by atoms with Crippen molar-refractivity contribution in [1.82, 2.24) is 5.32 Å². The third kappa shape index (κ3) is 4.03. The fourth-order valence-corrected chi connectivity index (χ4v) is 5.14. The summed E-state index contributed by atoms with van der Waals surface area (Å²) in [5, 5.41) is 2.84. The lowest BCUT2D eigenvalue weighted by atomic mass is 10.0. The van der Waals surface area contributed by atoms with Gasteiger partial charge in [-0.3, -0.25) is 9.10 Å². The zero-order valence-corrected chi connectivity index (χ0v) is 16.7. The third-order valence-electron chi connectivity index (χ3n) is 5.05. The zero-order valence-electron chi connectivity index (χ0n) is 15.9. The summed E-state index contributed by atoms with van der Waals surface area (Å²) in [7, 11) is -3.75. The number of hydrogen-bond donors (Lipinski definition) is 1. The van der Waals surface area contributed by atoms with E-state index in [2.05, 4.69) is 5.32 Å². The molecule has 0 aliphatic carbocycles. The molecule has 1 N–H and O–H groups in total. The first-order valence-electron chi connectivity index (χ1n) is 9.58. The molecule has 1 heterocycles. The molecule has 0 saturated heterocycles. The van der Waals surface area contributed by atoms with Gasteiger partial charge in [0.25, 0.3) is 15.9 Å². The largest absolute Gasteiger partial charge is 0.348 e. The van der Waals surface area contributed by atoms with Gasteiger partial charge in [0.1, 0.15) is 0 Å². The molecule has 4 rings (SSSR count). The minimum atomic E-state index is -3.75. The standard InChI is InChI=1S/C23H22N2O3S/c26-23(24-17-18-8-2-1-3-9-18)20-11-6-13-21(16-20)29(27,28)25-15-7-12-19-10-4-5-14-22(19)25/h1-6,8-11,13-14,16H,7,12,15,17H2,(H,24,26). The number of sulfonamides is 1. The fourth-order valence-electron chi connectivity index (χ4n) is 3.55. The van der Waals surface area contributed by atoms with Crippen molar-refractivity contribution in [1.29, 1.82) is 0 Å². The molecule has 0 radical (unpaired) electrons. The van der Waals surface area contributed by atoms with Crippen LogP contribution in [0.2, 0.25) is 0 Å². The minimum absolute atomic E-state index is 0.126. The van der Waals surface area contributed by atoms with E-state index in [0.29, 0.717) is 18.7 Å². The molecule has 0 bridgehead atoms. The van der Waals surface area contributed by atoms with Crippen LogP contribution in [-0.2, 0) is 23.0 Å². The highest BCUT2D eigenvalue weighted by Gasteiger charge is 2.29. The summed E-state index contributed by atoms with van der Waals surface area (Å²) >= 11 is 0. The SMILES string of the molecule is O=C(NCc1ccccc1)c1cccc(S(=O)(=O)N2CCCc3ccccc32)c1. The van der Waals surface area contributed by atoms with Crippen LogP contribution in [0.15, 0.2) is 83.8 Å². The van der Waals surface area contributed by atoms with Crippen LogP contribution >= 0.6 is 0 Å². The van der Waals surface area contributed by atoms with Crippen molar-refractivity contribution in [3.05, 3.63) is 95.6 Å². The average molecular weight is 407 g/mol. The fraction of sp³-hybridized carbons (Fsp3) is 0.174. The Morgan fingerprint density at radius 2 is 1.69 bits per heavy atom. The Bertz CT molecular complexity index is 1130. The van der Waals surface area contributed by atoms with Gasteiger partial charge in [0, 0.05) is 18.7 Å². The zero-order chi connectivity index (χ0) is 20.3. The number of hydrogen-bond acceptors (Lipinski definition) is 3. The molecule has 1 amide bonds. The highest BCUT2D eigenvalue weighted by molar-refractivity contribution is 7.92. The van der Waals surface area contributed by atoms with Crippen molar-refractivity contribution in [2.75, 3.05) is 10.8 Å². The first-order chi connectivity index (χ1) is 14.1. The van der Waals surface area contributed by atoms with Crippen LogP contribution in [0.1, 0.15) is 27.9 Å². The van der Waals surface area contributed by atoms with Crippen molar-refractivity contribution in [3.63, 3.8) is 0 Å². The highest BCUT2D eigenvalue weighted by atomic mass is 32.2. The lowest BCUT2D eigenvalue weighted by Crippen LogP contribution is -2.35. The van der Waals surface area contributed by atoms with Gasteiger partial charge >= 0.3 is 0 Å². The van der Waals surface area contributed by atoms with Crippen molar-refractivity contribution in [3.8, 4) is 0 Å². The number of anilines is 1. The van der Waals surface area contributed by atoms with E-state index in [-0.39, 0.29) is 10.8 Å². The summed E-state index contributed by atoms with van der Waals surface area (Å²) in [5.41, 5.74) is 3.05. The van der Waals surface area contributed by atoms with E-state index in [9.17, 15) is 13.2 Å². The van der Waals surface area contributed by atoms with Crippen LogP contribution in [0.5, 0.6) is 0 Å². The lowest BCUT2D eigenvalue weighted by Gasteiger charge is -2.30.